The van der Waals surface area contributed by atoms with Gasteiger partial charge in [-0.2, -0.15) is 0 Å². The van der Waals surface area contributed by atoms with Crippen LogP contribution in [0.25, 0.3) is 0 Å². The van der Waals surface area contributed by atoms with Crippen LogP contribution in [-0.4, -0.2) is 15.6 Å². The molecule has 0 fully saturated rings. The molecule has 4 heteroatoms. The van der Waals surface area contributed by atoms with Gasteiger partial charge in [0.05, 0.1) is 0 Å². The Morgan fingerprint density at radius 1 is 1.40 bits per heavy atom. The lowest BCUT2D eigenvalue weighted by Gasteiger charge is -1.93. The molecule has 0 aliphatic carbocycles. The van der Waals surface area contributed by atoms with Crippen molar-refractivity contribution in [2.45, 2.75) is 6.54 Å². The smallest absolute Gasteiger partial charge is 0.323 e. The van der Waals surface area contributed by atoms with Crippen molar-refractivity contribution in [1.82, 2.24) is 4.57 Å². The van der Waals surface area contributed by atoms with Crippen molar-refractivity contribution >= 4 is 23.0 Å². The van der Waals surface area contributed by atoms with Gasteiger partial charge in [0.25, 0.3) is 0 Å². The van der Waals surface area contributed by atoms with Crippen LogP contribution in [0.4, 0.5) is 0 Å². The van der Waals surface area contributed by atoms with Gasteiger partial charge in [0.2, 0.25) is 0 Å². The number of rotatable bonds is 2. The minimum Gasteiger partial charge on any atom is -0.480 e. The lowest BCUT2D eigenvalue weighted by molar-refractivity contribution is -0.137. The SMILES string of the molecule is Br.O=C(O)Cn1cccc1. The summed E-state index contributed by atoms with van der Waals surface area (Å²) in [5.41, 5.74) is 0. The Balaban J connectivity index is 0.000000810. The summed E-state index contributed by atoms with van der Waals surface area (Å²) in [6, 6.07) is 3.59. The second kappa shape index (κ2) is 4.11. The Morgan fingerprint density at radius 3 is 2.30 bits per heavy atom. The third-order valence-electron chi connectivity index (χ3n) is 0.984. The van der Waals surface area contributed by atoms with E-state index in [0.717, 1.165) is 0 Å². The Hall–Kier alpha value is -0.770. The predicted octanol–water partition coefficient (Wildman–Crippen LogP) is 1.15. The summed E-state index contributed by atoms with van der Waals surface area (Å²) in [7, 11) is 0. The molecule has 0 spiro atoms. The van der Waals surface area contributed by atoms with E-state index in [1.807, 2.05) is 0 Å². The van der Waals surface area contributed by atoms with Gasteiger partial charge in [0.1, 0.15) is 6.54 Å². The fourth-order valence-corrected chi connectivity index (χ4v) is 0.632. The van der Waals surface area contributed by atoms with Crippen LogP contribution >= 0.6 is 17.0 Å². The van der Waals surface area contributed by atoms with Crippen molar-refractivity contribution in [3.05, 3.63) is 24.5 Å². The van der Waals surface area contributed by atoms with Gasteiger partial charge in [0, 0.05) is 12.4 Å². The molecule has 1 aromatic heterocycles. The number of halogens is 1. The van der Waals surface area contributed by atoms with Crippen molar-refractivity contribution in [3.63, 3.8) is 0 Å². The molecule has 3 nitrogen and oxygen atoms in total. The molecule has 0 amide bonds. The molecule has 0 atom stereocenters. The van der Waals surface area contributed by atoms with E-state index in [1.165, 1.54) is 0 Å². The van der Waals surface area contributed by atoms with Crippen molar-refractivity contribution in [2.75, 3.05) is 0 Å². The van der Waals surface area contributed by atoms with Crippen LogP contribution in [-0.2, 0) is 11.3 Å². The molecule has 1 aromatic rings. The van der Waals surface area contributed by atoms with Gasteiger partial charge in [-0.25, -0.2) is 0 Å². The highest BCUT2D eigenvalue weighted by Crippen LogP contribution is 1.87. The van der Waals surface area contributed by atoms with Gasteiger partial charge >= 0.3 is 5.97 Å². The standard InChI is InChI=1S/C6H7NO2.BrH/c8-6(9)5-7-3-1-2-4-7;/h1-4H,5H2,(H,8,9);1H. The number of nitrogens with zero attached hydrogens (tertiary/aromatic N) is 1. The molecule has 1 rings (SSSR count). The van der Waals surface area contributed by atoms with Gasteiger partial charge in [-0.3, -0.25) is 4.79 Å². The third kappa shape index (κ3) is 2.68. The zero-order valence-corrected chi connectivity index (χ0v) is 6.94. The summed E-state index contributed by atoms with van der Waals surface area (Å²) < 4.78 is 1.60. The summed E-state index contributed by atoms with van der Waals surface area (Å²) >= 11 is 0. The van der Waals surface area contributed by atoms with Gasteiger partial charge in [0.15, 0.2) is 0 Å². The van der Waals surface area contributed by atoms with Crippen molar-refractivity contribution in [2.24, 2.45) is 0 Å². The summed E-state index contributed by atoms with van der Waals surface area (Å²) in [5, 5.41) is 8.26. The highest BCUT2D eigenvalue weighted by atomic mass is 79.9. The fourth-order valence-electron chi connectivity index (χ4n) is 0.632. The molecule has 1 N–H and O–H groups in total. The van der Waals surface area contributed by atoms with Crippen LogP contribution in [0.2, 0.25) is 0 Å². The average Bonchev–Trinajstić information content (AvgIpc) is 2.15. The summed E-state index contributed by atoms with van der Waals surface area (Å²) in [6.45, 7) is 0.0486. The third-order valence-corrected chi connectivity index (χ3v) is 0.984. The quantitative estimate of drug-likeness (QED) is 0.788. The Morgan fingerprint density at radius 2 is 1.90 bits per heavy atom. The summed E-state index contributed by atoms with van der Waals surface area (Å²) in [6.07, 6.45) is 3.43. The average molecular weight is 206 g/mol. The molecule has 10 heavy (non-hydrogen) atoms. The number of aromatic nitrogens is 1. The van der Waals surface area contributed by atoms with E-state index in [4.69, 9.17) is 5.11 Å². The van der Waals surface area contributed by atoms with E-state index in [-0.39, 0.29) is 23.5 Å². The van der Waals surface area contributed by atoms with Gasteiger partial charge < -0.3 is 9.67 Å². The van der Waals surface area contributed by atoms with E-state index in [2.05, 4.69) is 0 Å². The maximum atomic E-state index is 10.0. The Kier molecular flexibility index (Phi) is 3.79. The zero-order valence-electron chi connectivity index (χ0n) is 5.23. The van der Waals surface area contributed by atoms with Crippen LogP contribution in [0.1, 0.15) is 0 Å². The molecule has 0 saturated heterocycles. The largest absolute Gasteiger partial charge is 0.480 e. The first-order valence-electron chi connectivity index (χ1n) is 2.61. The molecular formula is C6H8BrNO2. The Labute approximate surface area is 69.0 Å². The van der Waals surface area contributed by atoms with Crippen LogP contribution in [0.3, 0.4) is 0 Å². The van der Waals surface area contributed by atoms with Crippen LogP contribution in [0.5, 0.6) is 0 Å². The highest BCUT2D eigenvalue weighted by molar-refractivity contribution is 8.93. The van der Waals surface area contributed by atoms with E-state index < -0.39 is 5.97 Å². The first-order chi connectivity index (χ1) is 4.29. The molecule has 0 saturated carbocycles. The van der Waals surface area contributed by atoms with Crippen LogP contribution in [0, 0.1) is 0 Å². The van der Waals surface area contributed by atoms with Gasteiger partial charge in [-0.1, -0.05) is 0 Å². The van der Waals surface area contributed by atoms with E-state index in [0.29, 0.717) is 0 Å². The molecule has 0 aliphatic heterocycles. The number of hydrogen-bond acceptors (Lipinski definition) is 1. The number of hydrogen-bond donors (Lipinski definition) is 1. The van der Waals surface area contributed by atoms with Gasteiger partial charge in [-0.15, -0.1) is 17.0 Å². The highest BCUT2D eigenvalue weighted by Gasteiger charge is 1.94. The van der Waals surface area contributed by atoms with Crippen LogP contribution in [0.15, 0.2) is 24.5 Å². The van der Waals surface area contributed by atoms with Crippen LogP contribution < -0.4 is 0 Å². The summed E-state index contributed by atoms with van der Waals surface area (Å²) in [5.74, 6) is -0.814. The topological polar surface area (TPSA) is 42.2 Å². The maximum Gasteiger partial charge on any atom is 0.323 e. The fraction of sp³-hybridized carbons (Fsp3) is 0.167. The lowest BCUT2D eigenvalue weighted by atomic mass is 10.6. The molecule has 0 bridgehead atoms. The number of aliphatic carboxylic acids is 1. The van der Waals surface area contributed by atoms with Crippen molar-refractivity contribution in [3.8, 4) is 0 Å². The van der Waals surface area contributed by atoms with Crippen molar-refractivity contribution in [1.29, 1.82) is 0 Å². The van der Waals surface area contributed by atoms with E-state index >= 15 is 0 Å². The Bertz CT molecular complexity index is 196. The van der Waals surface area contributed by atoms with E-state index in [9.17, 15) is 4.79 Å². The number of carboxylic acid groups (broad SMARTS) is 1. The molecule has 56 valence electrons. The lowest BCUT2D eigenvalue weighted by Crippen LogP contribution is -2.05. The minimum absolute atomic E-state index is 0. The van der Waals surface area contributed by atoms with E-state index in [1.54, 1.807) is 29.1 Å². The van der Waals surface area contributed by atoms with Crippen molar-refractivity contribution < 1.29 is 9.90 Å². The number of carboxylic acids is 1. The molecular weight excluding hydrogens is 198 g/mol. The molecule has 1 heterocycles. The first-order valence-corrected chi connectivity index (χ1v) is 2.61. The monoisotopic (exact) mass is 205 g/mol. The molecule has 0 aromatic carbocycles. The molecule has 0 aliphatic rings. The second-order valence-corrected chi connectivity index (χ2v) is 1.75. The normalized spacial score (nSPS) is 8.40. The molecule has 0 unspecified atom stereocenters. The number of carbonyl (C=O) groups is 1. The second-order valence-electron chi connectivity index (χ2n) is 1.75. The summed E-state index contributed by atoms with van der Waals surface area (Å²) in [4.78, 5) is 10.0. The minimum atomic E-state index is -0.814. The maximum absolute atomic E-state index is 10.0. The molecule has 0 radical (unpaired) electrons. The van der Waals surface area contributed by atoms with Gasteiger partial charge in [-0.05, 0) is 12.1 Å². The predicted molar refractivity (Wildman–Crippen MR) is 42.4 cm³/mol. The first kappa shape index (κ1) is 9.23. The zero-order chi connectivity index (χ0) is 6.69.